The van der Waals surface area contributed by atoms with E-state index >= 15 is 0 Å². The lowest BCUT2D eigenvalue weighted by Crippen LogP contribution is -2.32. The molecule has 1 aromatic carbocycles. The van der Waals surface area contributed by atoms with Gasteiger partial charge in [0.05, 0.1) is 6.04 Å². The molecule has 102 valence electrons. The third-order valence-electron chi connectivity index (χ3n) is 3.18. The standard InChI is InChI=1S/C14H14N4OS/c15-11-10-9(18-8-4-2-1-3-5-8)6-7-17-14(10)20-12(11)13(16)19/h1-7,11-12H,15H2,(H2,16,19)(H,17,18). The maximum Gasteiger partial charge on any atom is 0.232 e. The number of thioether (sulfide) groups is 1. The van der Waals surface area contributed by atoms with Crippen molar-refractivity contribution in [3.8, 4) is 0 Å². The number of nitrogens with two attached hydrogens (primary N) is 2. The van der Waals surface area contributed by atoms with Crippen LogP contribution in [0.2, 0.25) is 0 Å². The quantitative estimate of drug-likeness (QED) is 0.799. The Kier molecular flexibility index (Phi) is 3.33. The molecular formula is C14H14N4OS. The Morgan fingerprint density at radius 1 is 1.25 bits per heavy atom. The summed E-state index contributed by atoms with van der Waals surface area (Å²) >= 11 is 1.33. The molecule has 0 fully saturated rings. The predicted molar refractivity (Wildman–Crippen MR) is 79.7 cm³/mol. The lowest BCUT2D eigenvalue weighted by atomic mass is 10.0. The van der Waals surface area contributed by atoms with Crippen molar-refractivity contribution in [2.24, 2.45) is 11.5 Å². The molecule has 1 aliphatic rings. The molecule has 1 aromatic heterocycles. The van der Waals surface area contributed by atoms with Gasteiger partial charge in [-0.2, -0.15) is 0 Å². The minimum Gasteiger partial charge on any atom is -0.369 e. The molecule has 0 bridgehead atoms. The van der Waals surface area contributed by atoms with Crippen LogP contribution in [0.15, 0.2) is 47.6 Å². The summed E-state index contributed by atoms with van der Waals surface area (Å²) in [5.41, 5.74) is 14.2. The van der Waals surface area contributed by atoms with Crippen molar-refractivity contribution in [2.45, 2.75) is 16.3 Å². The van der Waals surface area contributed by atoms with E-state index in [1.165, 1.54) is 11.8 Å². The number of anilines is 2. The SMILES string of the molecule is NC(=O)C1Sc2nccc(Nc3ccccc3)c2C1N. The molecule has 0 spiro atoms. The molecule has 5 N–H and O–H groups in total. The zero-order valence-corrected chi connectivity index (χ0v) is 11.4. The second-order valence-electron chi connectivity index (χ2n) is 4.53. The van der Waals surface area contributed by atoms with Crippen LogP contribution >= 0.6 is 11.8 Å². The van der Waals surface area contributed by atoms with Gasteiger partial charge in [-0.15, -0.1) is 0 Å². The summed E-state index contributed by atoms with van der Waals surface area (Å²) in [6.45, 7) is 0. The van der Waals surface area contributed by atoms with Gasteiger partial charge in [0.15, 0.2) is 0 Å². The number of aromatic nitrogens is 1. The van der Waals surface area contributed by atoms with Crippen LogP contribution in [0.5, 0.6) is 0 Å². The van der Waals surface area contributed by atoms with E-state index in [0.29, 0.717) is 0 Å². The lowest BCUT2D eigenvalue weighted by molar-refractivity contribution is -0.117. The van der Waals surface area contributed by atoms with E-state index in [9.17, 15) is 4.79 Å². The summed E-state index contributed by atoms with van der Waals surface area (Å²) in [6.07, 6.45) is 1.70. The first-order chi connectivity index (χ1) is 9.66. The first-order valence-electron chi connectivity index (χ1n) is 6.19. The third kappa shape index (κ3) is 2.23. The van der Waals surface area contributed by atoms with Crippen molar-refractivity contribution in [3.05, 3.63) is 48.2 Å². The molecule has 0 saturated carbocycles. The second kappa shape index (κ2) is 5.15. The molecule has 2 atom stereocenters. The fourth-order valence-corrected chi connectivity index (χ4v) is 3.37. The molecule has 1 amide bonds. The van der Waals surface area contributed by atoms with Gasteiger partial charge in [0.2, 0.25) is 5.91 Å². The molecule has 5 nitrogen and oxygen atoms in total. The van der Waals surface area contributed by atoms with Crippen LogP contribution < -0.4 is 16.8 Å². The number of benzene rings is 1. The largest absolute Gasteiger partial charge is 0.369 e. The molecular weight excluding hydrogens is 272 g/mol. The van der Waals surface area contributed by atoms with Crippen molar-refractivity contribution >= 4 is 29.0 Å². The van der Waals surface area contributed by atoms with Gasteiger partial charge in [0.25, 0.3) is 0 Å². The smallest absolute Gasteiger partial charge is 0.232 e. The number of rotatable bonds is 3. The van der Waals surface area contributed by atoms with Crippen LogP contribution in [0.4, 0.5) is 11.4 Å². The van der Waals surface area contributed by atoms with Crippen molar-refractivity contribution < 1.29 is 4.79 Å². The molecule has 6 heteroatoms. The maximum absolute atomic E-state index is 11.4. The summed E-state index contributed by atoms with van der Waals surface area (Å²) in [6, 6.07) is 11.2. The van der Waals surface area contributed by atoms with Gasteiger partial charge in [-0.25, -0.2) is 4.98 Å². The van der Waals surface area contributed by atoms with Crippen LogP contribution in [-0.4, -0.2) is 16.1 Å². The highest BCUT2D eigenvalue weighted by Gasteiger charge is 2.37. The minimum atomic E-state index is -0.462. The number of para-hydroxylation sites is 1. The van der Waals surface area contributed by atoms with Gasteiger partial charge in [-0.05, 0) is 18.2 Å². The highest BCUT2D eigenvalue weighted by molar-refractivity contribution is 8.01. The Morgan fingerprint density at radius 2 is 2.00 bits per heavy atom. The first-order valence-corrected chi connectivity index (χ1v) is 7.07. The van der Waals surface area contributed by atoms with E-state index in [1.807, 2.05) is 36.4 Å². The zero-order valence-electron chi connectivity index (χ0n) is 10.6. The highest BCUT2D eigenvalue weighted by Crippen LogP contribution is 2.45. The van der Waals surface area contributed by atoms with Crippen LogP contribution in [0.25, 0.3) is 0 Å². The Balaban J connectivity index is 1.96. The van der Waals surface area contributed by atoms with E-state index in [4.69, 9.17) is 11.5 Å². The minimum absolute atomic E-state index is 0.411. The zero-order chi connectivity index (χ0) is 14.1. The first kappa shape index (κ1) is 13.0. The third-order valence-corrected chi connectivity index (χ3v) is 4.51. The van der Waals surface area contributed by atoms with Crippen LogP contribution in [0.3, 0.4) is 0 Å². The lowest BCUT2D eigenvalue weighted by Gasteiger charge is -2.15. The number of hydrogen-bond acceptors (Lipinski definition) is 5. The normalized spacial score (nSPS) is 20.4. The molecule has 0 saturated heterocycles. The molecule has 1 aliphatic heterocycles. The second-order valence-corrected chi connectivity index (χ2v) is 5.67. The van der Waals surface area contributed by atoms with E-state index in [0.717, 1.165) is 22.0 Å². The van der Waals surface area contributed by atoms with Crippen molar-refractivity contribution in [2.75, 3.05) is 5.32 Å². The monoisotopic (exact) mass is 286 g/mol. The Morgan fingerprint density at radius 3 is 2.70 bits per heavy atom. The van der Waals surface area contributed by atoms with Crippen molar-refractivity contribution in [3.63, 3.8) is 0 Å². The average molecular weight is 286 g/mol. The average Bonchev–Trinajstić information content (AvgIpc) is 2.79. The number of hydrogen-bond donors (Lipinski definition) is 3. The molecule has 2 heterocycles. The summed E-state index contributed by atoms with van der Waals surface area (Å²) in [5.74, 6) is -0.411. The number of pyridine rings is 1. The van der Waals surface area contributed by atoms with Gasteiger partial charge in [-0.1, -0.05) is 30.0 Å². The summed E-state index contributed by atoms with van der Waals surface area (Å²) in [4.78, 5) is 15.7. The van der Waals surface area contributed by atoms with Gasteiger partial charge < -0.3 is 16.8 Å². The van der Waals surface area contributed by atoms with E-state index in [-0.39, 0.29) is 0 Å². The molecule has 2 aromatic rings. The molecule has 0 radical (unpaired) electrons. The molecule has 2 unspecified atom stereocenters. The number of fused-ring (bicyclic) bond motifs is 1. The Labute approximate surface area is 120 Å². The van der Waals surface area contributed by atoms with E-state index in [2.05, 4.69) is 10.3 Å². The van der Waals surface area contributed by atoms with Gasteiger partial charge in [-0.3, -0.25) is 4.79 Å². The van der Waals surface area contributed by atoms with Gasteiger partial charge in [0, 0.05) is 23.1 Å². The number of primary amides is 1. The predicted octanol–water partition coefficient (Wildman–Crippen LogP) is 1.78. The molecule has 0 aliphatic carbocycles. The van der Waals surface area contributed by atoms with Gasteiger partial charge in [0.1, 0.15) is 10.3 Å². The van der Waals surface area contributed by atoms with E-state index in [1.54, 1.807) is 6.20 Å². The van der Waals surface area contributed by atoms with Crippen molar-refractivity contribution in [1.29, 1.82) is 0 Å². The summed E-state index contributed by atoms with van der Waals surface area (Å²) < 4.78 is 0. The number of nitrogens with zero attached hydrogens (tertiary/aromatic N) is 1. The fraction of sp³-hybridized carbons (Fsp3) is 0.143. The Hall–Kier alpha value is -2.05. The van der Waals surface area contributed by atoms with E-state index < -0.39 is 17.2 Å². The number of carbonyl (C=O) groups is 1. The van der Waals surface area contributed by atoms with Crippen LogP contribution in [0, 0.1) is 0 Å². The summed E-state index contributed by atoms with van der Waals surface area (Å²) in [7, 11) is 0. The van der Waals surface area contributed by atoms with Crippen molar-refractivity contribution in [1.82, 2.24) is 4.98 Å². The Bertz CT molecular complexity index is 647. The number of carbonyl (C=O) groups excluding carboxylic acids is 1. The molecule has 20 heavy (non-hydrogen) atoms. The van der Waals surface area contributed by atoms with Gasteiger partial charge >= 0.3 is 0 Å². The number of amides is 1. The summed E-state index contributed by atoms with van der Waals surface area (Å²) in [5, 5.41) is 3.61. The maximum atomic E-state index is 11.4. The topological polar surface area (TPSA) is 94.0 Å². The fourth-order valence-electron chi connectivity index (χ4n) is 2.24. The molecule has 3 rings (SSSR count). The van der Waals surface area contributed by atoms with Crippen LogP contribution in [0.1, 0.15) is 11.6 Å². The van der Waals surface area contributed by atoms with Crippen LogP contribution in [-0.2, 0) is 4.79 Å². The number of nitrogens with one attached hydrogen (secondary N) is 1. The highest BCUT2D eigenvalue weighted by atomic mass is 32.2.